The Kier molecular flexibility index (Phi) is 8.27. The minimum absolute atomic E-state index is 0.340. The van der Waals surface area contributed by atoms with Gasteiger partial charge in [-0.05, 0) is 27.7 Å². The number of carbonyl (C=O) groups excluding carboxylic acids is 2. The molecule has 0 saturated carbocycles. The van der Waals surface area contributed by atoms with Crippen LogP contribution in [0.1, 0.15) is 27.7 Å². The molecule has 0 radical (unpaired) electrons. The first-order valence-corrected chi connectivity index (χ1v) is 5.89. The topological polar surface area (TPSA) is 52.6 Å². The van der Waals surface area contributed by atoms with Gasteiger partial charge in [-0.25, -0.2) is 9.59 Å². The standard InChI is InChI=1S/C14H20O4/c1-5-17-13(15)11(3)9-7-8-10-12(4)14(16)18-6-2/h7-10H,5-6H2,1-4H3/b8-7+,11-9+,12-10+/i11+1,12+1,13+1,14+1. The number of rotatable bonds is 6. The fourth-order valence-corrected chi connectivity index (χ4v) is 1.03. The Labute approximate surface area is 108 Å². The Morgan fingerprint density at radius 1 is 0.833 bits per heavy atom. The number of carbonyl (C=O) groups is 2. The fraction of sp³-hybridized carbons (Fsp3) is 0.429. The van der Waals surface area contributed by atoms with Crippen molar-refractivity contribution in [3.05, 3.63) is 35.5 Å². The van der Waals surface area contributed by atoms with Crippen molar-refractivity contribution in [2.45, 2.75) is 27.7 Å². The molecule has 0 rings (SSSR count). The highest BCUT2D eigenvalue weighted by molar-refractivity contribution is 5.88. The first kappa shape index (κ1) is 16.2. The number of hydrogen-bond donors (Lipinski definition) is 0. The summed E-state index contributed by atoms with van der Waals surface area (Å²) in [5, 5.41) is 0. The number of ether oxygens (including phenoxy) is 2. The Bertz CT molecular complexity index is 339. The molecule has 0 fully saturated rings. The molecule has 0 heterocycles. The van der Waals surface area contributed by atoms with Crippen molar-refractivity contribution < 1.29 is 19.1 Å². The van der Waals surface area contributed by atoms with Gasteiger partial charge in [0.15, 0.2) is 0 Å². The summed E-state index contributed by atoms with van der Waals surface area (Å²) in [6.07, 6.45) is 6.61. The summed E-state index contributed by atoms with van der Waals surface area (Å²) in [6, 6.07) is 0. The third kappa shape index (κ3) is 6.68. The predicted octanol–water partition coefficient (Wildman–Crippen LogP) is 2.56. The largest absolute Gasteiger partial charge is 0.463 e. The molecule has 0 aromatic carbocycles. The smallest absolute Gasteiger partial charge is 0.333 e. The molecule has 18 heavy (non-hydrogen) atoms. The second kappa shape index (κ2) is 9.22. The average molecular weight is 256 g/mol. The van der Waals surface area contributed by atoms with E-state index >= 15 is 0 Å². The van der Waals surface area contributed by atoms with Crippen LogP contribution in [0.5, 0.6) is 0 Å². The average Bonchev–Trinajstić information content (AvgIpc) is 2.34. The molecule has 0 bridgehead atoms. The number of allylic oxidation sites excluding steroid dienone is 4. The van der Waals surface area contributed by atoms with Gasteiger partial charge in [0.25, 0.3) is 0 Å². The monoisotopic (exact) mass is 256 g/mol. The summed E-state index contributed by atoms with van der Waals surface area (Å²) in [6.45, 7) is 7.57. The molecule has 0 spiro atoms. The first-order valence-electron chi connectivity index (χ1n) is 5.89. The van der Waals surface area contributed by atoms with Crippen molar-refractivity contribution in [2.24, 2.45) is 0 Å². The van der Waals surface area contributed by atoms with E-state index in [1.165, 1.54) is 0 Å². The summed E-state index contributed by atoms with van der Waals surface area (Å²) in [5.74, 6) is -0.679. The lowest BCUT2D eigenvalue weighted by atomic mass is 10.5. The Morgan fingerprint density at radius 3 is 1.44 bits per heavy atom. The Balaban J connectivity index is 4.40. The van der Waals surface area contributed by atoms with Crippen LogP contribution >= 0.6 is 0 Å². The second-order valence-corrected chi connectivity index (χ2v) is 3.53. The van der Waals surface area contributed by atoms with E-state index in [-0.39, 0.29) is 11.9 Å². The minimum atomic E-state index is -0.340. The predicted molar refractivity (Wildman–Crippen MR) is 69.9 cm³/mol. The van der Waals surface area contributed by atoms with Crippen molar-refractivity contribution in [2.75, 3.05) is 13.2 Å². The zero-order valence-electron chi connectivity index (χ0n) is 11.4. The van der Waals surface area contributed by atoms with Gasteiger partial charge >= 0.3 is 11.9 Å². The van der Waals surface area contributed by atoms with E-state index in [1.54, 1.807) is 52.0 Å². The van der Waals surface area contributed by atoms with Crippen LogP contribution in [-0.4, -0.2) is 25.2 Å². The molecule has 0 aliphatic carbocycles. The SMILES string of the molecule is CCO[13C](=O)/[13C](C)=C/C=C/C=[13C](\C)[13C](=O)OCC. The molecule has 0 amide bonds. The molecule has 0 atom stereocenters. The van der Waals surface area contributed by atoms with E-state index in [4.69, 9.17) is 9.47 Å². The van der Waals surface area contributed by atoms with Gasteiger partial charge in [-0.2, -0.15) is 0 Å². The summed E-state index contributed by atoms with van der Waals surface area (Å²) in [4.78, 5) is 22.5. The highest BCUT2D eigenvalue weighted by Crippen LogP contribution is 1.99. The van der Waals surface area contributed by atoms with Crippen LogP contribution in [0, 0.1) is 0 Å². The summed E-state index contributed by atoms with van der Waals surface area (Å²) >= 11 is 0. The van der Waals surface area contributed by atoms with Crippen LogP contribution in [0.25, 0.3) is 0 Å². The van der Waals surface area contributed by atoms with Gasteiger partial charge in [-0.15, -0.1) is 0 Å². The maximum atomic E-state index is 11.3. The van der Waals surface area contributed by atoms with Crippen molar-refractivity contribution in [1.29, 1.82) is 0 Å². The first-order chi connectivity index (χ1) is 8.52. The molecule has 0 aromatic rings. The van der Waals surface area contributed by atoms with Crippen molar-refractivity contribution in [1.82, 2.24) is 0 Å². The van der Waals surface area contributed by atoms with E-state index in [0.717, 1.165) is 0 Å². The van der Waals surface area contributed by atoms with Gasteiger partial charge < -0.3 is 9.47 Å². The molecule has 0 unspecified atom stereocenters. The van der Waals surface area contributed by atoms with Crippen molar-refractivity contribution >= 4 is 11.9 Å². The molecular formula is C14H20O4. The van der Waals surface area contributed by atoms with Crippen molar-refractivity contribution in [3.8, 4) is 0 Å². The van der Waals surface area contributed by atoms with Crippen LogP contribution < -0.4 is 0 Å². The maximum Gasteiger partial charge on any atom is 0.333 e. The van der Waals surface area contributed by atoms with Gasteiger partial charge in [0.1, 0.15) is 0 Å². The molecule has 4 nitrogen and oxygen atoms in total. The van der Waals surface area contributed by atoms with Gasteiger partial charge in [0.05, 0.1) is 13.2 Å². The highest BCUT2D eigenvalue weighted by atomic mass is 16.6. The van der Waals surface area contributed by atoms with E-state index in [2.05, 4.69) is 0 Å². The summed E-state index contributed by atoms with van der Waals surface area (Å²) in [5.41, 5.74) is 1.02. The van der Waals surface area contributed by atoms with Crippen LogP contribution in [0.15, 0.2) is 35.5 Å². The van der Waals surface area contributed by atoms with Gasteiger partial charge in [-0.3, -0.25) is 0 Å². The van der Waals surface area contributed by atoms with E-state index in [9.17, 15) is 9.59 Å². The van der Waals surface area contributed by atoms with E-state index < -0.39 is 0 Å². The maximum absolute atomic E-state index is 11.3. The molecular weight excluding hydrogens is 236 g/mol. The van der Waals surface area contributed by atoms with Gasteiger partial charge in [0.2, 0.25) is 0 Å². The lowest BCUT2D eigenvalue weighted by Crippen LogP contribution is -2.04. The second-order valence-electron chi connectivity index (χ2n) is 3.53. The minimum Gasteiger partial charge on any atom is -0.463 e. The number of esters is 2. The summed E-state index contributed by atoms with van der Waals surface area (Å²) in [7, 11) is 0. The van der Waals surface area contributed by atoms with Crippen LogP contribution in [-0.2, 0) is 19.1 Å². The Morgan fingerprint density at radius 2 is 1.17 bits per heavy atom. The number of hydrogen-bond acceptors (Lipinski definition) is 4. The molecule has 0 aliphatic rings. The van der Waals surface area contributed by atoms with E-state index in [1.807, 2.05) is 0 Å². The van der Waals surface area contributed by atoms with Gasteiger partial charge in [0, 0.05) is 11.1 Å². The fourth-order valence-electron chi connectivity index (χ4n) is 1.03. The molecule has 100 valence electrons. The zero-order chi connectivity index (χ0) is 14.0. The highest BCUT2D eigenvalue weighted by Gasteiger charge is 2.02. The van der Waals surface area contributed by atoms with Crippen molar-refractivity contribution in [3.63, 3.8) is 0 Å². The lowest BCUT2D eigenvalue weighted by molar-refractivity contribution is -0.139. The van der Waals surface area contributed by atoms with Crippen LogP contribution in [0.4, 0.5) is 0 Å². The van der Waals surface area contributed by atoms with Crippen LogP contribution in [0.3, 0.4) is 0 Å². The lowest BCUT2D eigenvalue weighted by Gasteiger charge is -1.99. The zero-order valence-corrected chi connectivity index (χ0v) is 11.4. The third-order valence-corrected chi connectivity index (χ3v) is 2.00. The van der Waals surface area contributed by atoms with Gasteiger partial charge in [-0.1, -0.05) is 24.3 Å². The third-order valence-electron chi connectivity index (χ3n) is 2.00. The van der Waals surface area contributed by atoms with Crippen LogP contribution in [0.2, 0.25) is 0 Å². The molecule has 0 aliphatic heterocycles. The molecule has 4 heteroatoms. The normalized spacial score (nSPS) is 12.7. The van der Waals surface area contributed by atoms with E-state index in [0.29, 0.717) is 24.4 Å². The quantitative estimate of drug-likeness (QED) is 0.317. The summed E-state index contributed by atoms with van der Waals surface area (Å²) < 4.78 is 9.64. The molecule has 0 aromatic heterocycles. The Hall–Kier alpha value is -1.84. The molecule has 0 saturated heterocycles. The molecule has 0 N–H and O–H groups in total.